The molecule has 0 bridgehead atoms. The van der Waals surface area contributed by atoms with Gasteiger partial charge in [0.1, 0.15) is 11.4 Å². The lowest BCUT2D eigenvalue weighted by atomic mass is 9.89. The Labute approximate surface area is 354 Å². The number of ketones is 2. The van der Waals surface area contributed by atoms with Crippen LogP contribution in [0.15, 0.2) is 102 Å². The number of carbonyl (C=O) groups excluding carboxylic acids is 2. The third kappa shape index (κ3) is 7.26. The predicted molar refractivity (Wildman–Crippen MR) is 235 cm³/mol. The first-order valence-corrected chi connectivity index (χ1v) is 22.9. The number of anilines is 1. The largest absolute Gasteiger partial charge is 0.351 e. The minimum Gasteiger partial charge on any atom is -0.351 e. The first-order valence-electron chi connectivity index (χ1n) is 21.0. The van der Waals surface area contributed by atoms with Crippen LogP contribution < -0.4 is 5.32 Å². The molecule has 7 aromatic rings. The van der Waals surface area contributed by atoms with Crippen molar-refractivity contribution in [1.82, 2.24) is 39.5 Å². The van der Waals surface area contributed by atoms with Crippen molar-refractivity contribution in [2.75, 3.05) is 5.32 Å². The molecule has 0 saturated heterocycles. The van der Waals surface area contributed by atoms with Gasteiger partial charge in [-0.3, -0.25) is 23.2 Å². The van der Waals surface area contributed by atoms with Gasteiger partial charge in [0.05, 0.1) is 35.0 Å². The Bertz CT molecular complexity index is 2940. The summed E-state index contributed by atoms with van der Waals surface area (Å²) in [6.45, 7) is 0.208. The number of nitrogens with one attached hydrogen (secondary N) is 1. The SMILES string of the molecule is C=S(=O)(Cc1ccccc1)c1ncc2c(n1)-c1c(c(C(=O)c3ccccc3)nn1Cc1nc(NC3CCCCC3)nc3c1CCc1c(C(=O)c4ccccc4)nn(C)c1-3)CC2. The third-order valence-electron chi connectivity index (χ3n) is 12.2. The molecule has 1 unspecified atom stereocenters. The number of hydrogen-bond acceptors (Lipinski definition) is 10. The van der Waals surface area contributed by atoms with Crippen LogP contribution in [0.25, 0.3) is 22.8 Å². The number of benzene rings is 3. The summed E-state index contributed by atoms with van der Waals surface area (Å²) in [6, 6.07) is 28.3. The van der Waals surface area contributed by atoms with Crippen molar-refractivity contribution in [3.63, 3.8) is 0 Å². The summed E-state index contributed by atoms with van der Waals surface area (Å²) in [6.07, 6.45) is 9.58. The van der Waals surface area contributed by atoms with Crippen LogP contribution in [0.2, 0.25) is 0 Å². The highest BCUT2D eigenvalue weighted by atomic mass is 32.2. The first kappa shape index (κ1) is 38.6. The molecule has 13 heteroatoms. The molecule has 4 aromatic heterocycles. The van der Waals surface area contributed by atoms with Gasteiger partial charge < -0.3 is 5.32 Å². The number of aryl methyl sites for hydroxylation is 2. The summed E-state index contributed by atoms with van der Waals surface area (Å²) in [7, 11) is -1.08. The number of aromatic nitrogens is 8. The molecule has 3 aliphatic rings. The summed E-state index contributed by atoms with van der Waals surface area (Å²) < 4.78 is 17.9. The second kappa shape index (κ2) is 15.8. The summed E-state index contributed by atoms with van der Waals surface area (Å²) in [4.78, 5) is 48.3. The van der Waals surface area contributed by atoms with Crippen LogP contribution in [-0.4, -0.2) is 67.2 Å². The van der Waals surface area contributed by atoms with Crippen molar-refractivity contribution in [2.45, 2.75) is 81.3 Å². The van der Waals surface area contributed by atoms with Crippen molar-refractivity contribution in [2.24, 2.45) is 7.05 Å². The van der Waals surface area contributed by atoms with E-state index in [1.807, 2.05) is 90.6 Å². The van der Waals surface area contributed by atoms with Gasteiger partial charge in [-0.25, -0.2) is 19.9 Å². The van der Waals surface area contributed by atoms with Crippen molar-refractivity contribution in [3.8, 4) is 22.8 Å². The van der Waals surface area contributed by atoms with Crippen LogP contribution in [0.3, 0.4) is 0 Å². The van der Waals surface area contributed by atoms with E-state index in [0.717, 1.165) is 70.6 Å². The van der Waals surface area contributed by atoms with Gasteiger partial charge in [-0.1, -0.05) is 110 Å². The monoisotopic (exact) mass is 827 g/mol. The Kier molecular flexibility index (Phi) is 9.98. The molecular formula is C48H45N9O3S. The van der Waals surface area contributed by atoms with E-state index in [1.54, 1.807) is 23.0 Å². The van der Waals surface area contributed by atoms with Crippen LogP contribution >= 0.6 is 0 Å². The lowest BCUT2D eigenvalue weighted by Gasteiger charge is -2.25. The average Bonchev–Trinajstić information content (AvgIpc) is 3.84. The van der Waals surface area contributed by atoms with Gasteiger partial charge in [0, 0.05) is 62.4 Å². The highest BCUT2D eigenvalue weighted by molar-refractivity contribution is 7.99. The Hall–Kier alpha value is -6.60. The first-order chi connectivity index (χ1) is 29.7. The highest BCUT2D eigenvalue weighted by Gasteiger charge is 2.35. The topological polar surface area (TPSA) is 150 Å². The zero-order valence-corrected chi connectivity index (χ0v) is 34.8. The lowest BCUT2D eigenvalue weighted by molar-refractivity contribution is 0.102. The van der Waals surface area contributed by atoms with Gasteiger partial charge in [0.2, 0.25) is 22.7 Å². The molecule has 4 heterocycles. The molecule has 1 fully saturated rings. The van der Waals surface area contributed by atoms with E-state index in [2.05, 4.69) is 16.2 Å². The molecule has 61 heavy (non-hydrogen) atoms. The maximum Gasteiger partial charge on any atom is 0.223 e. The molecule has 1 atom stereocenters. The number of hydrogen-bond donors (Lipinski definition) is 1. The molecule has 0 spiro atoms. The number of rotatable bonds is 11. The molecule has 3 aliphatic carbocycles. The van der Waals surface area contributed by atoms with Crippen LogP contribution in [-0.2, 0) is 54.6 Å². The van der Waals surface area contributed by atoms with Crippen molar-refractivity contribution in [1.29, 1.82) is 0 Å². The fourth-order valence-corrected chi connectivity index (χ4v) is 10.5. The maximum absolute atomic E-state index is 14.3. The maximum atomic E-state index is 14.3. The zero-order valence-electron chi connectivity index (χ0n) is 34.0. The van der Waals surface area contributed by atoms with E-state index in [9.17, 15) is 13.8 Å². The normalized spacial score (nSPS) is 15.5. The minimum atomic E-state index is -2.94. The molecule has 10 rings (SSSR count). The van der Waals surface area contributed by atoms with E-state index >= 15 is 0 Å². The van der Waals surface area contributed by atoms with E-state index in [1.165, 1.54) is 6.42 Å². The van der Waals surface area contributed by atoms with E-state index < -0.39 is 9.52 Å². The van der Waals surface area contributed by atoms with E-state index in [-0.39, 0.29) is 35.1 Å². The Morgan fingerprint density at radius 3 is 2.02 bits per heavy atom. The fourth-order valence-electron chi connectivity index (χ4n) is 9.16. The molecule has 1 N–H and O–H groups in total. The molecule has 1 saturated carbocycles. The van der Waals surface area contributed by atoms with Gasteiger partial charge in [-0.2, -0.15) is 10.2 Å². The van der Waals surface area contributed by atoms with Crippen LogP contribution in [0, 0.1) is 0 Å². The minimum absolute atomic E-state index is 0.121. The second-order valence-corrected chi connectivity index (χ2v) is 18.6. The van der Waals surface area contributed by atoms with E-state index in [0.29, 0.717) is 65.5 Å². The number of fused-ring (bicyclic) bond motifs is 6. The highest BCUT2D eigenvalue weighted by Crippen LogP contribution is 2.39. The summed E-state index contributed by atoms with van der Waals surface area (Å²) in [5, 5.41) is 13.7. The van der Waals surface area contributed by atoms with Crippen molar-refractivity contribution in [3.05, 3.63) is 153 Å². The fraction of sp³-hybridized carbons (Fsp3) is 0.271. The lowest BCUT2D eigenvalue weighted by Crippen LogP contribution is -2.25. The molecule has 0 amide bonds. The van der Waals surface area contributed by atoms with Crippen molar-refractivity contribution < 1.29 is 13.8 Å². The van der Waals surface area contributed by atoms with Gasteiger partial charge in [0.25, 0.3) is 0 Å². The zero-order chi connectivity index (χ0) is 41.7. The van der Waals surface area contributed by atoms with Crippen LogP contribution in [0.1, 0.15) is 97.7 Å². The number of carbonyl (C=O) groups is 2. The Balaban J connectivity index is 1.12. The van der Waals surface area contributed by atoms with Crippen LogP contribution in [0.5, 0.6) is 0 Å². The Morgan fingerprint density at radius 2 is 1.33 bits per heavy atom. The molecule has 0 radical (unpaired) electrons. The smallest absolute Gasteiger partial charge is 0.223 e. The molecule has 0 aliphatic heterocycles. The summed E-state index contributed by atoms with van der Waals surface area (Å²) >= 11 is 0. The Morgan fingerprint density at radius 1 is 0.721 bits per heavy atom. The average molecular weight is 828 g/mol. The molecule has 306 valence electrons. The molecular weight excluding hydrogens is 783 g/mol. The third-order valence-corrected chi connectivity index (χ3v) is 13.8. The van der Waals surface area contributed by atoms with Gasteiger partial charge in [0.15, 0.2) is 0 Å². The molecule has 3 aromatic carbocycles. The summed E-state index contributed by atoms with van der Waals surface area (Å²) in [5.74, 6) is 4.53. The van der Waals surface area contributed by atoms with Crippen LogP contribution in [0.4, 0.5) is 5.95 Å². The van der Waals surface area contributed by atoms with Gasteiger partial charge in [-0.05, 0) is 55.5 Å². The standard InChI is InChI=1S/C48H45N9O3S/c1-56-43-36(41(54-56)45(58)31-17-9-4-10-18-31)26-25-35-38(51-47(52-40(35)43)50-34-21-13-6-14-22-34)28-57-44-37(42(55-57)46(59)32-19-11-5-12-20-32)24-23-33-27-49-48(53-39(33)44)61(2,60)29-30-15-7-3-8-16-30/h3-5,7-12,15-20,27,34H,2,6,13-14,21-26,28-29H2,1H3,(H,50,51,52). The van der Waals surface area contributed by atoms with E-state index in [4.69, 9.17) is 25.1 Å². The van der Waals surface area contributed by atoms with Gasteiger partial charge >= 0.3 is 0 Å². The predicted octanol–water partition coefficient (Wildman–Crippen LogP) is 7.26. The number of nitrogens with zero attached hydrogens (tertiary/aromatic N) is 8. The van der Waals surface area contributed by atoms with Gasteiger partial charge in [-0.15, -0.1) is 0 Å². The second-order valence-electron chi connectivity index (χ2n) is 16.3. The summed E-state index contributed by atoms with van der Waals surface area (Å²) in [5.41, 5.74) is 9.82. The molecule has 12 nitrogen and oxygen atoms in total. The van der Waals surface area contributed by atoms with Crippen molar-refractivity contribution >= 4 is 32.9 Å². The quantitative estimate of drug-likeness (QED) is 0.0802.